The number of aliphatic hydroxyl groups is 1. The van der Waals surface area contributed by atoms with Crippen molar-refractivity contribution in [3.8, 4) is 0 Å². The average molecular weight is 330 g/mol. The molecule has 0 rings (SSSR count). The monoisotopic (exact) mass is 327 g/mol. The molecule has 0 bridgehead atoms. The molecule has 3 heteroatoms. The van der Waals surface area contributed by atoms with Crippen LogP contribution in [0.1, 0.15) is 53.9 Å². The molecule has 1 N–H and O–H groups in total. The maximum atomic E-state index is 10.2. The Kier molecular flexibility index (Phi) is 10.1. The number of hydrogen-bond acceptors (Lipinski definition) is 2. The molecule has 0 aliphatic carbocycles. The molecule has 1 unspecified atom stereocenters. The molecule has 0 aliphatic rings. The van der Waals surface area contributed by atoms with E-state index in [1.807, 2.05) is 27.7 Å². The van der Waals surface area contributed by atoms with Gasteiger partial charge in [0.1, 0.15) is 5.60 Å². The van der Waals surface area contributed by atoms with Crippen LogP contribution in [0.15, 0.2) is 4.99 Å². The molecule has 2 nitrogen and oxygen atoms in total. The van der Waals surface area contributed by atoms with Crippen molar-refractivity contribution in [3.05, 3.63) is 0 Å². The predicted molar refractivity (Wildman–Crippen MR) is 58.4 cm³/mol. The topological polar surface area (TPSA) is 32.6 Å². The largest absolute Gasteiger partial charge is 0.384 e. The van der Waals surface area contributed by atoms with Gasteiger partial charge in [0.2, 0.25) is 0 Å². The quantitative estimate of drug-likeness (QED) is 0.773. The number of aliphatic imine (C=N–C) groups is 1. The standard InChI is InChI=1S/C11H23NO.Nd/c1-6-8-11(13,7-2)10(5)12-9(3)4;/h9,13H,6-8H2,1-5H3;. The van der Waals surface area contributed by atoms with E-state index in [0.717, 1.165) is 25.0 Å². The van der Waals surface area contributed by atoms with Gasteiger partial charge in [0.15, 0.2) is 0 Å². The van der Waals surface area contributed by atoms with Crippen LogP contribution < -0.4 is 0 Å². The van der Waals surface area contributed by atoms with Gasteiger partial charge < -0.3 is 5.11 Å². The van der Waals surface area contributed by atoms with Crippen LogP contribution in [0.5, 0.6) is 0 Å². The molecule has 0 aromatic rings. The van der Waals surface area contributed by atoms with Crippen LogP contribution in [0, 0.1) is 40.8 Å². The van der Waals surface area contributed by atoms with E-state index < -0.39 is 5.60 Å². The van der Waals surface area contributed by atoms with Crippen molar-refractivity contribution in [2.75, 3.05) is 0 Å². The number of nitrogens with zero attached hydrogens (tertiary/aromatic N) is 1. The van der Waals surface area contributed by atoms with Gasteiger partial charge in [0.25, 0.3) is 0 Å². The molecule has 0 fully saturated rings. The Hall–Kier alpha value is 0.981. The molecule has 0 aliphatic heterocycles. The molecule has 0 amide bonds. The van der Waals surface area contributed by atoms with Crippen LogP contribution in [0.2, 0.25) is 0 Å². The summed E-state index contributed by atoms with van der Waals surface area (Å²) in [5, 5.41) is 10.2. The minimum absolute atomic E-state index is 0. The fraction of sp³-hybridized carbons (Fsp3) is 0.909. The fourth-order valence-electron chi connectivity index (χ4n) is 1.53. The van der Waals surface area contributed by atoms with Crippen molar-refractivity contribution in [1.82, 2.24) is 0 Å². The average Bonchev–Trinajstić information content (AvgIpc) is 2.03. The van der Waals surface area contributed by atoms with Crippen molar-refractivity contribution in [2.24, 2.45) is 4.99 Å². The van der Waals surface area contributed by atoms with E-state index in [-0.39, 0.29) is 46.9 Å². The van der Waals surface area contributed by atoms with Gasteiger partial charge in [0.05, 0.1) is 0 Å². The summed E-state index contributed by atoms with van der Waals surface area (Å²) < 4.78 is 0. The Morgan fingerprint density at radius 3 is 2.14 bits per heavy atom. The van der Waals surface area contributed by atoms with E-state index in [1.54, 1.807) is 0 Å². The second-order valence-corrected chi connectivity index (χ2v) is 3.94. The minimum atomic E-state index is -0.668. The summed E-state index contributed by atoms with van der Waals surface area (Å²) in [5.74, 6) is 0. The van der Waals surface area contributed by atoms with Crippen LogP contribution in [0.3, 0.4) is 0 Å². The van der Waals surface area contributed by atoms with Crippen molar-refractivity contribution < 1.29 is 45.9 Å². The normalized spacial score (nSPS) is 16.4. The zero-order valence-electron chi connectivity index (χ0n) is 10.1. The summed E-state index contributed by atoms with van der Waals surface area (Å²) in [7, 11) is 0. The van der Waals surface area contributed by atoms with Crippen molar-refractivity contribution >= 4 is 5.71 Å². The van der Waals surface area contributed by atoms with Gasteiger partial charge in [-0.05, 0) is 33.6 Å². The molecule has 0 saturated carbocycles. The van der Waals surface area contributed by atoms with Crippen LogP contribution in [0.25, 0.3) is 0 Å². The third-order valence-electron chi connectivity index (χ3n) is 2.37. The van der Waals surface area contributed by atoms with Gasteiger partial charge in [-0.15, -0.1) is 0 Å². The van der Waals surface area contributed by atoms with Gasteiger partial charge in [-0.2, -0.15) is 0 Å². The van der Waals surface area contributed by atoms with Gasteiger partial charge >= 0.3 is 0 Å². The second-order valence-electron chi connectivity index (χ2n) is 3.94. The van der Waals surface area contributed by atoms with Crippen LogP contribution >= 0.6 is 0 Å². The molecule has 1 atom stereocenters. The van der Waals surface area contributed by atoms with Crippen LogP contribution in [-0.4, -0.2) is 22.5 Å². The summed E-state index contributed by atoms with van der Waals surface area (Å²) >= 11 is 0. The predicted octanol–water partition coefficient (Wildman–Crippen LogP) is 2.80. The van der Waals surface area contributed by atoms with Gasteiger partial charge in [-0.3, -0.25) is 4.99 Å². The minimum Gasteiger partial charge on any atom is -0.384 e. The number of rotatable bonds is 5. The number of hydrogen-bond donors (Lipinski definition) is 1. The van der Waals surface area contributed by atoms with Crippen molar-refractivity contribution in [1.29, 1.82) is 0 Å². The maximum absolute atomic E-state index is 10.2. The Bertz CT molecular complexity index is 180. The third-order valence-corrected chi connectivity index (χ3v) is 2.37. The molecule has 14 heavy (non-hydrogen) atoms. The zero-order chi connectivity index (χ0) is 10.5. The van der Waals surface area contributed by atoms with Gasteiger partial charge in [0, 0.05) is 52.6 Å². The smallest absolute Gasteiger partial charge is 0.102 e. The van der Waals surface area contributed by atoms with Gasteiger partial charge in [-0.25, -0.2) is 0 Å². The van der Waals surface area contributed by atoms with Crippen molar-refractivity contribution in [3.63, 3.8) is 0 Å². The van der Waals surface area contributed by atoms with Crippen LogP contribution in [0.4, 0.5) is 0 Å². The summed E-state index contributed by atoms with van der Waals surface area (Å²) in [4.78, 5) is 4.41. The first-order valence-corrected chi connectivity index (χ1v) is 5.23. The SMILES string of the molecule is CCCC(O)(CC)C(C)=NC(C)C.[Nd]. The molecule has 82 valence electrons. The molecule has 0 heterocycles. The molecule has 0 aromatic carbocycles. The third kappa shape index (κ3) is 5.76. The Morgan fingerprint density at radius 1 is 1.36 bits per heavy atom. The molecular formula is C11H23NNdO. The second kappa shape index (κ2) is 8.17. The summed E-state index contributed by atoms with van der Waals surface area (Å²) in [6.07, 6.45) is 2.56. The first-order chi connectivity index (χ1) is 5.96. The molecule has 0 aromatic heterocycles. The van der Waals surface area contributed by atoms with E-state index >= 15 is 0 Å². The molecule has 0 saturated heterocycles. The van der Waals surface area contributed by atoms with E-state index in [2.05, 4.69) is 11.9 Å². The first-order valence-electron chi connectivity index (χ1n) is 5.23. The van der Waals surface area contributed by atoms with E-state index in [1.165, 1.54) is 0 Å². The maximum Gasteiger partial charge on any atom is 0.102 e. The molecule has 0 spiro atoms. The Balaban J connectivity index is 0. The summed E-state index contributed by atoms with van der Waals surface area (Å²) in [6.45, 7) is 10.1. The zero-order valence-corrected chi connectivity index (χ0v) is 13.3. The Morgan fingerprint density at radius 2 is 1.86 bits per heavy atom. The summed E-state index contributed by atoms with van der Waals surface area (Å²) in [5.41, 5.74) is 0.214. The Labute approximate surface area is 121 Å². The molecule has 0 radical (unpaired) electrons. The summed E-state index contributed by atoms with van der Waals surface area (Å²) in [6, 6.07) is 0.273. The first kappa shape index (κ1) is 17.4. The molecular weight excluding hydrogens is 306 g/mol. The van der Waals surface area contributed by atoms with E-state index in [4.69, 9.17) is 0 Å². The fourth-order valence-corrected chi connectivity index (χ4v) is 1.53. The van der Waals surface area contributed by atoms with Gasteiger partial charge in [-0.1, -0.05) is 20.3 Å². The van der Waals surface area contributed by atoms with E-state index in [9.17, 15) is 5.11 Å². The van der Waals surface area contributed by atoms with Crippen molar-refractivity contribution in [2.45, 2.75) is 65.5 Å². The van der Waals surface area contributed by atoms with E-state index in [0.29, 0.717) is 0 Å². The van der Waals surface area contributed by atoms with Crippen LogP contribution in [-0.2, 0) is 0 Å².